The van der Waals surface area contributed by atoms with Crippen LogP contribution in [0.25, 0.3) is 0 Å². The molecule has 0 aliphatic rings. The summed E-state index contributed by atoms with van der Waals surface area (Å²) in [4.78, 5) is 12.3. The molecule has 0 unspecified atom stereocenters. The number of anilines is 1. The molecular weight excluding hydrogens is 302 g/mol. The molecule has 0 aliphatic heterocycles. The van der Waals surface area contributed by atoms with Crippen LogP contribution in [-0.2, 0) is 0 Å². The Morgan fingerprint density at radius 3 is 2.73 bits per heavy atom. The van der Waals surface area contributed by atoms with Crippen LogP contribution in [-0.4, -0.2) is 22.8 Å². The third-order valence-corrected chi connectivity index (χ3v) is 3.91. The molecule has 118 valence electrons. The van der Waals surface area contributed by atoms with Gasteiger partial charge in [0.2, 0.25) is 0 Å². The van der Waals surface area contributed by atoms with Gasteiger partial charge in [0.05, 0.1) is 23.9 Å². The molecule has 0 saturated heterocycles. The molecule has 0 aliphatic carbocycles. The van der Waals surface area contributed by atoms with Crippen LogP contribution in [0.5, 0.6) is 5.75 Å². The number of amides is 1. The fourth-order valence-corrected chi connectivity index (χ4v) is 2.40. The maximum Gasteiger partial charge on any atom is 0.276 e. The standard InChI is InChI=1S/C16H20ClN3O2/c1-4-11(5-2)20-9-8-14(19-20)16(21)18-15-10-12(22-3)6-7-13(15)17/h6-11H,4-5H2,1-3H3,(H,18,21). The van der Waals surface area contributed by atoms with Gasteiger partial charge in [-0.3, -0.25) is 9.48 Å². The van der Waals surface area contributed by atoms with Gasteiger partial charge in [-0.2, -0.15) is 5.10 Å². The highest BCUT2D eigenvalue weighted by Gasteiger charge is 2.14. The smallest absolute Gasteiger partial charge is 0.276 e. The van der Waals surface area contributed by atoms with Crippen LogP contribution in [0.4, 0.5) is 5.69 Å². The van der Waals surface area contributed by atoms with E-state index in [0.717, 1.165) is 12.8 Å². The van der Waals surface area contributed by atoms with E-state index in [4.69, 9.17) is 16.3 Å². The van der Waals surface area contributed by atoms with Crippen molar-refractivity contribution in [3.63, 3.8) is 0 Å². The van der Waals surface area contributed by atoms with Crippen molar-refractivity contribution in [2.75, 3.05) is 12.4 Å². The Morgan fingerprint density at radius 2 is 2.09 bits per heavy atom. The molecule has 5 nitrogen and oxygen atoms in total. The zero-order valence-electron chi connectivity index (χ0n) is 13.0. The summed E-state index contributed by atoms with van der Waals surface area (Å²) in [7, 11) is 1.56. The van der Waals surface area contributed by atoms with Gasteiger partial charge in [0.25, 0.3) is 5.91 Å². The molecular formula is C16H20ClN3O2. The third kappa shape index (κ3) is 3.60. The van der Waals surface area contributed by atoms with E-state index in [1.54, 1.807) is 31.4 Å². The Hall–Kier alpha value is -2.01. The first-order valence-corrected chi connectivity index (χ1v) is 7.66. The number of carbonyl (C=O) groups is 1. The van der Waals surface area contributed by atoms with Crippen molar-refractivity contribution in [3.05, 3.63) is 41.2 Å². The molecule has 1 amide bonds. The van der Waals surface area contributed by atoms with Crippen molar-refractivity contribution >= 4 is 23.2 Å². The van der Waals surface area contributed by atoms with Crippen molar-refractivity contribution in [1.29, 1.82) is 0 Å². The molecule has 22 heavy (non-hydrogen) atoms. The second-order valence-corrected chi connectivity index (χ2v) is 5.36. The van der Waals surface area contributed by atoms with E-state index < -0.39 is 0 Å². The van der Waals surface area contributed by atoms with E-state index in [1.807, 2.05) is 10.9 Å². The molecule has 1 heterocycles. The number of nitrogens with zero attached hydrogens (tertiary/aromatic N) is 2. The van der Waals surface area contributed by atoms with Gasteiger partial charge < -0.3 is 10.1 Å². The lowest BCUT2D eigenvalue weighted by atomic mass is 10.2. The SMILES string of the molecule is CCC(CC)n1ccc(C(=O)Nc2cc(OC)ccc2Cl)n1. The van der Waals surface area contributed by atoms with Gasteiger partial charge in [-0.1, -0.05) is 25.4 Å². The lowest BCUT2D eigenvalue weighted by molar-refractivity contribution is 0.102. The number of rotatable bonds is 6. The van der Waals surface area contributed by atoms with Gasteiger partial charge in [-0.05, 0) is 31.0 Å². The van der Waals surface area contributed by atoms with Crippen molar-refractivity contribution in [2.45, 2.75) is 32.7 Å². The Labute approximate surface area is 135 Å². The van der Waals surface area contributed by atoms with Gasteiger partial charge in [-0.25, -0.2) is 0 Å². The number of halogens is 1. The van der Waals surface area contributed by atoms with Crippen LogP contribution in [0.3, 0.4) is 0 Å². The van der Waals surface area contributed by atoms with Crippen molar-refractivity contribution in [2.24, 2.45) is 0 Å². The Balaban J connectivity index is 2.16. The minimum absolute atomic E-state index is 0.292. The number of methoxy groups -OCH3 is 1. The fraction of sp³-hybridized carbons (Fsp3) is 0.375. The predicted octanol–water partition coefficient (Wildman–Crippen LogP) is 4.16. The molecule has 0 spiro atoms. The topological polar surface area (TPSA) is 56.2 Å². The van der Waals surface area contributed by atoms with E-state index >= 15 is 0 Å². The normalized spacial score (nSPS) is 10.8. The molecule has 0 atom stereocenters. The van der Waals surface area contributed by atoms with E-state index in [-0.39, 0.29) is 5.91 Å². The molecule has 0 radical (unpaired) electrons. The molecule has 2 rings (SSSR count). The quantitative estimate of drug-likeness (QED) is 0.869. The van der Waals surface area contributed by atoms with E-state index in [1.165, 1.54) is 0 Å². The van der Waals surface area contributed by atoms with Crippen LogP contribution < -0.4 is 10.1 Å². The first-order chi connectivity index (χ1) is 10.6. The summed E-state index contributed by atoms with van der Waals surface area (Å²) >= 11 is 6.09. The highest BCUT2D eigenvalue weighted by Crippen LogP contribution is 2.27. The van der Waals surface area contributed by atoms with Gasteiger partial charge >= 0.3 is 0 Å². The number of hydrogen-bond donors (Lipinski definition) is 1. The number of benzene rings is 1. The Bertz CT molecular complexity index is 651. The Kier molecular flexibility index (Phi) is 5.44. The van der Waals surface area contributed by atoms with Crippen LogP contribution in [0.1, 0.15) is 43.2 Å². The summed E-state index contributed by atoms with van der Waals surface area (Å²) in [5, 5.41) is 7.57. The Morgan fingerprint density at radius 1 is 1.36 bits per heavy atom. The molecule has 1 N–H and O–H groups in total. The molecule has 6 heteroatoms. The average molecular weight is 322 g/mol. The minimum Gasteiger partial charge on any atom is -0.497 e. The number of aromatic nitrogens is 2. The zero-order chi connectivity index (χ0) is 16.1. The monoisotopic (exact) mass is 321 g/mol. The average Bonchev–Trinajstić information content (AvgIpc) is 3.00. The van der Waals surface area contributed by atoms with E-state index in [2.05, 4.69) is 24.3 Å². The van der Waals surface area contributed by atoms with Crippen LogP contribution in [0.15, 0.2) is 30.5 Å². The zero-order valence-corrected chi connectivity index (χ0v) is 13.7. The lowest BCUT2D eigenvalue weighted by Crippen LogP contribution is -2.15. The second-order valence-electron chi connectivity index (χ2n) is 4.95. The molecule has 0 bridgehead atoms. The summed E-state index contributed by atoms with van der Waals surface area (Å²) in [6, 6.07) is 7.11. The maximum absolute atomic E-state index is 12.3. The molecule has 1 aromatic heterocycles. The van der Waals surface area contributed by atoms with Crippen molar-refractivity contribution < 1.29 is 9.53 Å². The predicted molar refractivity (Wildman–Crippen MR) is 87.8 cm³/mol. The maximum atomic E-state index is 12.3. The molecule has 1 aromatic carbocycles. The number of nitrogens with one attached hydrogen (secondary N) is 1. The largest absolute Gasteiger partial charge is 0.497 e. The van der Waals surface area contributed by atoms with Gasteiger partial charge in [0, 0.05) is 12.3 Å². The highest BCUT2D eigenvalue weighted by molar-refractivity contribution is 6.34. The second kappa shape index (κ2) is 7.31. The summed E-state index contributed by atoms with van der Waals surface area (Å²) in [6.45, 7) is 4.21. The summed E-state index contributed by atoms with van der Waals surface area (Å²) in [6.07, 6.45) is 3.78. The van der Waals surface area contributed by atoms with Crippen LogP contribution in [0.2, 0.25) is 5.02 Å². The molecule has 0 fully saturated rings. The van der Waals surface area contributed by atoms with Gasteiger partial charge in [-0.15, -0.1) is 0 Å². The van der Waals surface area contributed by atoms with Crippen LogP contribution >= 0.6 is 11.6 Å². The number of carbonyl (C=O) groups excluding carboxylic acids is 1. The highest BCUT2D eigenvalue weighted by atomic mass is 35.5. The fourth-order valence-electron chi connectivity index (χ4n) is 2.24. The van der Waals surface area contributed by atoms with Crippen LogP contribution in [0, 0.1) is 0 Å². The first-order valence-electron chi connectivity index (χ1n) is 7.29. The summed E-state index contributed by atoms with van der Waals surface area (Å²) in [5.41, 5.74) is 0.869. The summed E-state index contributed by atoms with van der Waals surface area (Å²) in [5.74, 6) is 0.335. The number of ether oxygens (including phenoxy) is 1. The summed E-state index contributed by atoms with van der Waals surface area (Å²) < 4.78 is 6.97. The lowest BCUT2D eigenvalue weighted by Gasteiger charge is -2.12. The first kappa shape index (κ1) is 16.4. The van der Waals surface area contributed by atoms with E-state index in [9.17, 15) is 4.79 Å². The molecule has 2 aromatic rings. The number of hydrogen-bond acceptors (Lipinski definition) is 3. The van der Waals surface area contributed by atoms with Gasteiger partial charge in [0.1, 0.15) is 5.75 Å². The van der Waals surface area contributed by atoms with Crippen molar-refractivity contribution in [1.82, 2.24) is 9.78 Å². The molecule has 0 saturated carbocycles. The van der Waals surface area contributed by atoms with Crippen molar-refractivity contribution in [3.8, 4) is 5.75 Å². The van der Waals surface area contributed by atoms with Gasteiger partial charge in [0.15, 0.2) is 5.69 Å². The van der Waals surface area contributed by atoms with E-state index in [0.29, 0.717) is 28.2 Å². The third-order valence-electron chi connectivity index (χ3n) is 3.58. The minimum atomic E-state index is -0.292.